The summed E-state index contributed by atoms with van der Waals surface area (Å²) in [6, 6.07) is 9.42. The first-order chi connectivity index (χ1) is 15.2. The van der Waals surface area contributed by atoms with E-state index in [1.165, 1.54) is 0 Å². The van der Waals surface area contributed by atoms with Gasteiger partial charge in [-0.15, -0.1) is 0 Å². The van der Waals surface area contributed by atoms with Crippen molar-refractivity contribution < 1.29 is 17.9 Å². The van der Waals surface area contributed by atoms with Crippen molar-refractivity contribution >= 4 is 0 Å². The predicted octanol–water partition coefficient (Wildman–Crippen LogP) is 4.88. The number of rotatable bonds is 7. The molecule has 0 N–H and O–H groups in total. The van der Waals surface area contributed by atoms with Crippen molar-refractivity contribution in [3.8, 4) is 6.07 Å². The summed E-state index contributed by atoms with van der Waals surface area (Å²) < 4.78 is 50.6. The van der Waals surface area contributed by atoms with Crippen molar-refractivity contribution in [1.29, 1.82) is 5.26 Å². The summed E-state index contributed by atoms with van der Waals surface area (Å²) in [6.07, 6.45) is 0.594. The summed E-state index contributed by atoms with van der Waals surface area (Å²) in [7, 11) is 0. The predicted molar refractivity (Wildman–Crippen MR) is 114 cm³/mol. The van der Waals surface area contributed by atoms with Gasteiger partial charge >= 0.3 is 6.18 Å². The van der Waals surface area contributed by atoms with Gasteiger partial charge in [0.25, 0.3) is 0 Å². The highest BCUT2D eigenvalue weighted by Gasteiger charge is 2.71. The molecule has 2 atom stereocenters. The third-order valence-corrected chi connectivity index (χ3v) is 7.20. The number of nitriles is 1. The number of alkyl halides is 3. The SMILES string of the molecule is CC(C)n1ccnc1CN1CC[C@@](CCc2ccc(C#N)cc2)([C@@]2(C(F)(F)F)CCO2)C1. The molecule has 1 aromatic carbocycles. The number of benzene rings is 1. The molecule has 3 heterocycles. The average Bonchev–Trinajstić information content (AvgIpc) is 3.33. The van der Waals surface area contributed by atoms with E-state index in [1.807, 2.05) is 18.3 Å². The molecular formula is C24H29F3N4O. The lowest BCUT2D eigenvalue weighted by Gasteiger charge is -2.54. The van der Waals surface area contributed by atoms with Gasteiger partial charge in [0.2, 0.25) is 0 Å². The first-order valence-electron chi connectivity index (χ1n) is 11.1. The van der Waals surface area contributed by atoms with Crippen LogP contribution in [0, 0.1) is 16.7 Å². The minimum Gasteiger partial charge on any atom is -0.365 e. The van der Waals surface area contributed by atoms with Crippen LogP contribution in [0.25, 0.3) is 0 Å². The maximum absolute atomic E-state index is 14.4. The Balaban J connectivity index is 1.57. The minimum absolute atomic E-state index is 0.0122. The van der Waals surface area contributed by atoms with Gasteiger partial charge in [0.15, 0.2) is 5.60 Å². The van der Waals surface area contributed by atoms with Crippen molar-refractivity contribution in [2.75, 3.05) is 19.7 Å². The summed E-state index contributed by atoms with van der Waals surface area (Å²) in [6.45, 7) is 5.72. The Morgan fingerprint density at radius 2 is 1.94 bits per heavy atom. The molecule has 5 nitrogen and oxygen atoms in total. The van der Waals surface area contributed by atoms with Gasteiger partial charge in [-0.2, -0.15) is 18.4 Å². The number of aryl methyl sites for hydroxylation is 1. The maximum atomic E-state index is 14.4. The molecule has 2 aliphatic heterocycles. The number of hydrogen-bond acceptors (Lipinski definition) is 4. The fraction of sp³-hybridized carbons (Fsp3) is 0.583. The Labute approximate surface area is 186 Å². The standard InChI is InChI=1S/C24H29F3N4O/c1-18(2)31-13-11-29-21(31)16-30-12-9-22(17-30,23(10-14-32-23)24(25,26)27)8-7-19-3-5-20(15-28)6-4-19/h3-6,11,13,18H,7-10,12,14,16-17H2,1-2H3/t22-,23-/m1/s1. The van der Waals surface area contributed by atoms with Gasteiger partial charge in [0, 0.05) is 36.8 Å². The molecule has 0 amide bonds. The molecule has 0 unspecified atom stereocenters. The number of imidazole rings is 1. The van der Waals surface area contributed by atoms with Crippen LogP contribution in [0.2, 0.25) is 0 Å². The number of nitrogens with zero attached hydrogens (tertiary/aromatic N) is 4. The van der Waals surface area contributed by atoms with Gasteiger partial charge < -0.3 is 9.30 Å². The van der Waals surface area contributed by atoms with Gasteiger partial charge in [-0.25, -0.2) is 4.98 Å². The van der Waals surface area contributed by atoms with Gasteiger partial charge in [0.1, 0.15) is 5.82 Å². The van der Waals surface area contributed by atoms with Gasteiger partial charge in [-0.1, -0.05) is 12.1 Å². The largest absolute Gasteiger partial charge is 0.418 e. The molecule has 2 fully saturated rings. The van der Waals surface area contributed by atoms with Crippen LogP contribution in [-0.4, -0.2) is 45.9 Å². The van der Waals surface area contributed by atoms with E-state index < -0.39 is 17.2 Å². The minimum atomic E-state index is -4.41. The fourth-order valence-corrected chi connectivity index (χ4v) is 5.34. The molecule has 0 aliphatic carbocycles. The van der Waals surface area contributed by atoms with Crippen molar-refractivity contribution in [2.24, 2.45) is 5.41 Å². The van der Waals surface area contributed by atoms with Crippen LogP contribution in [0.3, 0.4) is 0 Å². The second kappa shape index (κ2) is 8.53. The van der Waals surface area contributed by atoms with E-state index in [0.29, 0.717) is 44.5 Å². The van der Waals surface area contributed by atoms with E-state index in [9.17, 15) is 13.2 Å². The summed E-state index contributed by atoms with van der Waals surface area (Å²) in [5, 5.41) is 8.99. The second-order valence-electron chi connectivity index (χ2n) is 9.32. The van der Waals surface area contributed by atoms with Gasteiger partial charge in [-0.3, -0.25) is 4.90 Å². The summed E-state index contributed by atoms with van der Waals surface area (Å²) in [5.41, 5.74) is -1.61. The van der Waals surface area contributed by atoms with Crippen molar-refractivity contribution in [3.63, 3.8) is 0 Å². The third kappa shape index (κ3) is 3.93. The Hall–Kier alpha value is -2.37. The molecule has 0 spiro atoms. The highest BCUT2D eigenvalue weighted by molar-refractivity contribution is 5.32. The first-order valence-corrected chi connectivity index (χ1v) is 11.1. The van der Waals surface area contributed by atoms with E-state index in [4.69, 9.17) is 10.00 Å². The monoisotopic (exact) mass is 446 g/mol. The van der Waals surface area contributed by atoms with Gasteiger partial charge in [0.05, 0.1) is 24.8 Å². The van der Waals surface area contributed by atoms with Crippen LogP contribution in [0.15, 0.2) is 36.7 Å². The lowest BCUT2D eigenvalue weighted by atomic mass is 9.63. The van der Waals surface area contributed by atoms with Crippen LogP contribution in [0.5, 0.6) is 0 Å². The molecule has 172 valence electrons. The highest BCUT2D eigenvalue weighted by Crippen LogP contribution is 2.59. The van der Waals surface area contributed by atoms with Crippen LogP contribution < -0.4 is 0 Å². The number of aromatic nitrogens is 2. The molecule has 0 bridgehead atoms. The van der Waals surface area contributed by atoms with E-state index in [2.05, 4.69) is 34.4 Å². The summed E-state index contributed by atoms with van der Waals surface area (Å²) >= 11 is 0. The Morgan fingerprint density at radius 1 is 1.22 bits per heavy atom. The van der Waals surface area contributed by atoms with Crippen LogP contribution in [0.4, 0.5) is 13.2 Å². The molecule has 0 saturated carbocycles. The fourth-order valence-electron chi connectivity index (χ4n) is 5.34. The van der Waals surface area contributed by atoms with Crippen LogP contribution in [0.1, 0.15) is 56.1 Å². The van der Waals surface area contributed by atoms with Crippen molar-refractivity contribution in [1.82, 2.24) is 14.5 Å². The van der Waals surface area contributed by atoms with E-state index >= 15 is 0 Å². The van der Waals surface area contributed by atoms with E-state index in [1.54, 1.807) is 18.3 Å². The van der Waals surface area contributed by atoms with E-state index in [0.717, 1.165) is 11.4 Å². The van der Waals surface area contributed by atoms with Crippen molar-refractivity contribution in [2.45, 2.75) is 63.9 Å². The molecule has 2 aromatic rings. The quantitative estimate of drug-likeness (QED) is 0.608. The molecule has 32 heavy (non-hydrogen) atoms. The van der Waals surface area contributed by atoms with Crippen LogP contribution in [-0.2, 0) is 17.7 Å². The molecule has 2 saturated heterocycles. The highest BCUT2D eigenvalue weighted by atomic mass is 19.4. The number of likely N-dealkylation sites (tertiary alicyclic amines) is 1. The zero-order valence-electron chi connectivity index (χ0n) is 18.5. The zero-order chi connectivity index (χ0) is 23.0. The van der Waals surface area contributed by atoms with E-state index in [-0.39, 0.29) is 19.1 Å². The Morgan fingerprint density at radius 3 is 2.50 bits per heavy atom. The lowest BCUT2D eigenvalue weighted by molar-refractivity contribution is -0.366. The number of halogens is 3. The molecule has 4 rings (SSSR count). The normalized spacial score (nSPS) is 26.3. The average molecular weight is 447 g/mol. The third-order valence-electron chi connectivity index (χ3n) is 7.20. The molecule has 1 aromatic heterocycles. The molecule has 0 radical (unpaired) electrons. The summed E-state index contributed by atoms with van der Waals surface area (Å²) in [4.78, 5) is 6.54. The summed E-state index contributed by atoms with van der Waals surface area (Å²) in [5.74, 6) is 0.874. The van der Waals surface area contributed by atoms with Crippen molar-refractivity contribution in [3.05, 3.63) is 53.6 Å². The lowest BCUT2D eigenvalue weighted by Crippen LogP contribution is -2.67. The smallest absolute Gasteiger partial charge is 0.365 e. The zero-order valence-corrected chi connectivity index (χ0v) is 18.5. The van der Waals surface area contributed by atoms with Crippen LogP contribution >= 0.6 is 0 Å². The maximum Gasteiger partial charge on any atom is 0.418 e. The molecule has 2 aliphatic rings. The Bertz CT molecular complexity index is 972. The topological polar surface area (TPSA) is 54.1 Å². The molecular weight excluding hydrogens is 417 g/mol. The molecule has 8 heteroatoms. The number of hydrogen-bond donors (Lipinski definition) is 0. The first kappa shape index (κ1) is 22.8. The second-order valence-corrected chi connectivity index (χ2v) is 9.32. The number of ether oxygens (including phenoxy) is 1. The van der Waals surface area contributed by atoms with Gasteiger partial charge in [-0.05, 0) is 57.4 Å². The Kier molecular flexibility index (Phi) is 6.08.